The molecule has 2 aromatic rings. The molecular formula is C20H24BrN3O2. The number of ether oxygens (including phenoxy) is 1. The van der Waals surface area contributed by atoms with Gasteiger partial charge in [-0.3, -0.25) is 9.69 Å². The first-order chi connectivity index (χ1) is 12.6. The highest BCUT2D eigenvalue weighted by Crippen LogP contribution is 2.32. The maximum Gasteiger partial charge on any atom is 0.238 e. The van der Waals surface area contributed by atoms with Gasteiger partial charge >= 0.3 is 0 Å². The minimum atomic E-state index is -0.0389. The van der Waals surface area contributed by atoms with Gasteiger partial charge in [0, 0.05) is 17.6 Å². The SMILES string of the molecule is CCN1CC(CN(C)CC(=O)Nc2ccccc2Br)Oc2ccccc21. The van der Waals surface area contributed by atoms with Gasteiger partial charge in [0.1, 0.15) is 11.9 Å². The highest BCUT2D eigenvalue weighted by molar-refractivity contribution is 9.10. The highest BCUT2D eigenvalue weighted by Gasteiger charge is 2.25. The molecule has 26 heavy (non-hydrogen) atoms. The smallest absolute Gasteiger partial charge is 0.238 e. The van der Waals surface area contributed by atoms with Crippen LogP contribution >= 0.6 is 15.9 Å². The standard InChI is InChI=1S/C20H24BrN3O2/c1-3-24-13-15(26-19-11-7-6-10-18(19)24)12-23(2)14-20(25)22-17-9-5-4-8-16(17)21/h4-11,15H,3,12-14H2,1-2H3,(H,22,25). The first kappa shape index (κ1) is 18.7. The van der Waals surface area contributed by atoms with Crippen molar-refractivity contribution >= 4 is 33.2 Å². The van der Waals surface area contributed by atoms with Gasteiger partial charge in [-0.05, 0) is 54.2 Å². The van der Waals surface area contributed by atoms with Gasteiger partial charge in [0.15, 0.2) is 0 Å². The Kier molecular flexibility index (Phi) is 6.16. The van der Waals surface area contributed by atoms with E-state index in [-0.39, 0.29) is 12.0 Å². The van der Waals surface area contributed by atoms with Gasteiger partial charge < -0.3 is 15.0 Å². The Morgan fingerprint density at radius 1 is 1.27 bits per heavy atom. The number of para-hydroxylation sites is 3. The molecular weight excluding hydrogens is 394 g/mol. The summed E-state index contributed by atoms with van der Waals surface area (Å²) in [5.41, 5.74) is 1.92. The maximum atomic E-state index is 12.3. The molecule has 1 aliphatic heterocycles. The summed E-state index contributed by atoms with van der Waals surface area (Å²) in [7, 11) is 1.94. The predicted molar refractivity (Wildman–Crippen MR) is 109 cm³/mol. The minimum Gasteiger partial charge on any atom is -0.485 e. The molecule has 1 heterocycles. The lowest BCUT2D eigenvalue weighted by Crippen LogP contribution is -2.46. The van der Waals surface area contributed by atoms with Crippen LogP contribution in [0.3, 0.4) is 0 Å². The van der Waals surface area contributed by atoms with Gasteiger partial charge in [0.25, 0.3) is 0 Å². The number of carbonyl (C=O) groups is 1. The van der Waals surface area contributed by atoms with E-state index in [1.807, 2.05) is 54.4 Å². The van der Waals surface area contributed by atoms with E-state index < -0.39 is 0 Å². The van der Waals surface area contributed by atoms with Gasteiger partial charge in [0.2, 0.25) is 5.91 Å². The Balaban J connectivity index is 1.56. The van der Waals surface area contributed by atoms with Crippen LogP contribution in [-0.4, -0.2) is 50.1 Å². The van der Waals surface area contributed by atoms with Crippen molar-refractivity contribution in [3.05, 3.63) is 53.0 Å². The number of likely N-dealkylation sites (N-methyl/N-ethyl adjacent to an activating group) is 2. The zero-order valence-corrected chi connectivity index (χ0v) is 16.7. The van der Waals surface area contributed by atoms with E-state index in [0.717, 1.165) is 34.7 Å². The molecule has 1 unspecified atom stereocenters. The van der Waals surface area contributed by atoms with E-state index in [9.17, 15) is 4.79 Å². The number of benzene rings is 2. The molecule has 0 aliphatic carbocycles. The number of carbonyl (C=O) groups excluding carboxylic acids is 1. The second-order valence-electron chi connectivity index (χ2n) is 6.47. The Morgan fingerprint density at radius 3 is 2.77 bits per heavy atom. The zero-order chi connectivity index (χ0) is 18.5. The second-order valence-corrected chi connectivity index (χ2v) is 7.33. The number of rotatable bonds is 6. The number of nitrogens with zero attached hydrogens (tertiary/aromatic N) is 2. The molecule has 0 fully saturated rings. The summed E-state index contributed by atoms with van der Waals surface area (Å²) in [5, 5.41) is 2.94. The zero-order valence-electron chi connectivity index (χ0n) is 15.1. The van der Waals surface area contributed by atoms with Crippen molar-refractivity contribution in [3.63, 3.8) is 0 Å². The van der Waals surface area contributed by atoms with Crippen LogP contribution in [-0.2, 0) is 4.79 Å². The van der Waals surface area contributed by atoms with Gasteiger partial charge in [0.05, 0.1) is 24.5 Å². The van der Waals surface area contributed by atoms with Gasteiger partial charge in [-0.1, -0.05) is 24.3 Å². The molecule has 2 aromatic carbocycles. The van der Waals surface area contributed by atoms with E-state index in [2.05, 4.69) is 39.1 Å². The van der Waals surface area contributed by atoms with Crippen LogP contribution in [0.25, 0.3) is 0 Å². The number of anilines is 2. The predicted octanol–water partition coefficient (Wildman–Crippen LogP) is 3.61. The normalized spacial score (nSPS) is 16.2. The van der Waals surface area contributed by atoms with Gasteiger partial charge in [-0.2, -0.15) is 0 Å². The summed E-state index contributed by atoms with van der Waals surface area (Å²) in [6, 6.07) is 15.7. The Morgan fingerprint density at radius 2 is 2.00 bits per heavy atom. The Hall–Kier alpha value is -2.05. The average molecular weight is 418 g/mol. The van der Waals surface area contributed by atoms with E-state index in [4.69, 9.17) is 4.74 Å². The van der Waals surface area contributed by atoms with E-state index in [1.54, 1.807) is 0 Å². The lowest BCUT2D eigenvalue weighted by atomic mass is 10.2. The molecule has 0 spiro atoms. The summed E-state index contributed by atoms with van der Waals surface area (Å²) in [6.07, 6.45) is 0.0334. The number of amides is 1. The number of nitrogens with one attached hydrogen (secondary N) is 1. The number of hydrogen-bond acceptors (Lipinski definition) is 4. The highest BCUT2D eigenvalue weighted by atomic mass is 79.9. The van der Waals surface area contributed by atoms with E-state index in [1.165, 1.54) is 0 Å². The first-order valence-corrected chi connectivity index (χ1v) is 9.59. The molecule has 1 amide bonds. The van der Waals surface area contributed by atoms with Crippen LogP contribution in [0.4, 0.5) is 11.4 Å². The van der Waals surface area contributed by atoms with Crippen molar-refractivity contribution in [2.24, 2.45) is 0 Å². The van der Waals surface area contributed by atoms with Gasteiger partial charge in [-0.25, -0.2) is 0 Å². The Bertz CT molecular complexity index is 768. The summed E-state index contributed by atoms with van der Waals surface area (Å²) in [4.78, 5) is 16.6. The topological polar surface area (TPSA) is 44.8 Å². The molecule has 0 bridgehead atoms. The number of fused-ring (bicyclic) bond motifs is 1. The fraction of sp³-hybridized carbons (Fsp3) is 0.350. The van der Waals surface area contributed by atoms with Crippen molar-refractivity contribution in [1.29, 1.82) is 0 Å². The lowest BCUT2D eigenvalue weighted by molar-refractivity contribution is -0.117. The Labute approximate surface area is 163 Å². The second kappa shape index (κ2) is 8.56. The lowest BCUT2D eigenvalue weighted by Gasteiger charge is -2.37. The van der Waals surface area contributed by atoms with E-state index >= 15 is 0 Å². The molecule has 1 atom stereocenters. The van der Waals surface area contributed by atoms with Crippen molar-refractivity contribution in [2.45, 2.75) is 13.0 Å². The van der Waals surface area contributed by atoms with Crippen LogP contribution < -0.4 is 15.0 Å². The fourth-order valence-electron chi connectivity index (χ4n) is 3.18. The van der Waals surface area contributed by atoms with E-state index in [0.29, 0.717) is 13.1 Å². The van der Waals surface area contributed by atoms with Crippen LogP contribution in [0.15, 0.2) is 53.0 Å². The van der Waals surface area contributed by atoms with Gasteiger partial charge in [-0.15, -0.1) is 0 Å². The molecule has 0 radical (unpaired) electrons. The van der Waals surface area contributed by atoms with Crippen LogP contribution in [0, 0.1) is 0 Å². The quantitative estimate of drug-likeness (QED) is 0.779. The molecule has 1 aliphatic rings. The third-order valence-electron chi connectivity index (χ3n) is 4.38. The third-order valence-corrected chi connectivity index (χ3v) is 5.07. The van der Waals surface area contributed by atoms with Crippen LogP contribution in [0.2, 0.25) is 0 Å². The summed E-state index contributed by atoms with van der Waals surface area (Å²) < 4.78 is 7.01. The molecule has 0 aromatic heterocycles. The molecule has 138 valence electrons. The molecule has 6 heteroatoms. The number of hydrogen-bond donors (Lipinski definition) is 1. The third kappa shape index (κ3) is 4.56. The molecule has 5 nitrogen and oxygen atoms in total. The largest absolute Gasteiger partial charge is 0.485 e. The van der Waals surface area contributed by atoms with Crippen molar-refractivity contribution < 1.29 is 9.53 Å². The molecule has 0 saturated carbocycles. The fourth-order valence-corrected chi connectivity index (χ4v) is 3.57. The van der Waals surface area contributed by atoms with Crippen molar-refractivity contribution in [3.8, 4) is 5.75 Å². The maximum absolute atomic E-state index is 12.3. The number of halogens is 1. The van der Waals surface area contributed by atoms with Crippen molar-refractivity contribution in [2.75, 3.05) is 43.4 Å². The monoisotopic (exact) mass is 417 g/mol. The molecule has 0 saturated heterocycles. The van der Waals surface area contributed by atoms with Crippen molar-refractivity contribution in [1.82, 2.24) is 4.90 Å². The van der Waals surface area contributed by atoms with Crippen LogP contribution in [0.5, 0.6) is 5.75 Å². The molecule has 1 N–H and O–H groups in total. The van der Waals surface area contributed by atoms with Crippen LogP contribution in [0.1, 0.15) is 6.92 Å². The average Bonchev–Trinajstić information content (AvgIpc) is 2.62. The summed E-state index contributed by atoms with van der Waals surface area (Å²) >= 11 is 3.45. The summed E-state index contributed by atoms with van der Waals surface area (Å²) in [5.74, 6) is 0.875. The first-order valence-electron chi connectivity index (χ1n) is 8.80. The molecule has 3 rings (SSSR count). The summed E-state index contributed by atoms with van der Waals surface area (Å²) in [6.45, 7) is 4.91. The minimum absolute atomic E-state index is 0.0334.